The van der Waals surface area contributed by atoms with E-state index in [9.17, 15) is 24.8 Å². The van der Waals surface area contributed by atoms with E-state index in [-0.39, 0.29) is 40.6 Å². The summed E-state index contributed by atoms with van der Waals surface area (Å²) < 4.78 is 5.59. The van der Waals surface area contributed by atoms with Crippen LogP contribution >= 0.6 is 0 Å². The van der Waals surface area contributed by atoms with Gasteiger partial charge < -0.3 is 14.7 Å². The van der Waals surface area contributed by atoms with Gasteiger partial charge >= 0.3 is 0 Å². The molecule has 0 unspecified atom stereocenters. The number of aliphatic hydroxyl groups is 1. The first-order valence-corrected chi connectivity index (χ1v) is 11.7. The van der Waals surface area contributed by atoms with Gasteiger partial charge in [-0.15, -0.1) is 0 Å². The number of ketones is 1. The van der Waals surface area contributed by atoms with Crippen LogP contribution in [0.2, 0.25) is 0 Å². The monoisotopic (exact) mass is 480 g/mol. The van der Waals surface area contributed by atoms with Crippen LogP contribution in [0.15, 0.2) is 54.1 Å². The van der Waals surface area contributed by atoms with Crippen LogP contribution in [-0.4, -0.2) is 45.9 Å². The van der Waals surface area contributed by atoms with E-state index in [4.69, 9.17) is 4.74 Å². The number of amides is 1. The van der Waals surface area contributed by atoms with Gasteiger partial charge in [-0.05, 0) is 48.9 Å². The van der Waals surface area contributed by atoms with Crippen LogP contribution in [0.1, 0.15) is 63.8 Å². The van der Waals surface area contributed by atoms with Gasteiger partial charge in [0.05, 0.1) is 22.6 Å². The van der Waals surface area contributed by atoms with Gasteiger partial charge in [0.15, 0.2) is 0 Å². The maximum atomic E-state index is 13.1. The number of carbonyl (C=O) groups is 2. The van der Waals surface area contributed by atoms with Gasteiger partial charge in [-0.3, -0.25) is 19.7 Å². The van der Waals surface area contributed by atoms with Gasteiger partial charge in [0.25, 0.3) is 17.4 Å². The second-order valence-corrected chi connectivity index (χ2v) is 9.94. The van der Waals surface area contributed by atoms with Crippen molar-refractivity contribution in [2.75, 3.05) is 13.2 Å². The van der Waals surface area contributed by atoms with Crippen molar-refractivity contribution in [2.45, 2.75) is 58.6 Å². The van der Waals surface area contributed by atoms with Gasteiger partial charge in [0, 0.05) is 30.8 Å². The number of non-ortho nitro benzene ring substituents is 1. The number of hydrogen-bond donors (Lipinski definition) is 1. The zero-order chi connectivity index (χ0) is 25.9. The summed E-state index contributed by atoms with van der Waals surface area (Å²) in [4.78, 5) is 38.1. The summed E-state index contributed by atoms with van der Waals surface area (Å²) in [5, 5.41) is 22.1. The molecule has 1 aliphatic heterocycles. The standard InChI is InChI=1S/C27H32N2O6/c1-17(2)35-16-6-15-28-23(18-7-11-20(12-8-18)27(3,4)5)22(25(31)26(28)32)24(30)19-9-13-21(14-10-19)29(33)34/h7-14,17,23,30H,6,15-16H2,1-5H3/t23-/m0/s1. The summed E-state index contributed by atoms with van der Waals surface area (Å²) in [6, 6.07) is 12.1. The van der Waals surface area contributed by atoms with E-state index >= 15 is 0 Å². The maximum Gasteiger partial charge on any atom is 0.295 e. The minimum absolute atomic E-state index is 0.0304. The summed E-state index contributed by atoms with van der Waals surface area (Å²) in [5.74, 6) is -1.83. The average molecular weight is 481 g/mol. The molecule has 3 rings (SSSR count). The highest BCUT2D eigenvalue weighted by molar-refractivity contribution is 6.46. The number of Topliss-reactive ketones (excluding diaryl/α,β-unsaturated/α-hetero) is 1. The molecule has 186 valence electrons. The molecular formula is C27H32N2O6. The Morgan fingerprint density at radius 2 is 1.69 bits per heavy atom. The molecule has 8 nitrogen and oxygen atoms in total. The number of aliphatic hydroxyl groups excluding tert-OH is 1. The van der Waals surface area contributed by atoms with Crippen molar-refractivity contribution in [1.82, 2.24) is 4.90 Å². The lowest BCUT2D eigenvalue weighted by Gasteiger charge is -2.26. The van der Waals surface area contributed by atoms with Crippen LogP contribution in [-0.2, 0) is 19.7 Å². The topological polar surface area (TPSA) is 110 Å². The van der Waals surface area contributed by atoms with E-state index in [1.165, 1.54) is 29.2 Å². The molecule has 0 saturated carbocycles. The Labute approximate surface area is 205 Å². The summed E-state index contributed by atoms with van der Waals surface area (Å²) in [7, 11) is 0. The number of benzene rings is 2. The molecule has 0 radical (unpaired) electrons. The SMILES string of the molecule is CC(C)OCCCN1C(=O)C(=O)C(=C(O)c2ccc([N+](=O)[O-])cc2)[C@@H]1c1ccc(C(C)(C)C)cc1. The third-order valence-corrected chi connectivity index (χ3v) is 5.98. The zero-order valence-corrected chi connectivity index (χ0v) is 20.8. The molecule has 1 amide bonds. The summed E-state index contributed by atoms with van der Waals surface area (Å²) in [6.07, 6.45) is 0.576. The number of carbonyl (C=O) groups excluding carboxylic acids is 2. The number of nitro groups is 1. The molecule has 2 aromatic carbocycles. The van der Waals surface area contributed by atoms with Gasteiger partial charge in [-0.25, -0.2) is 0 Å². The van der Waals surface area contributed by atoms with Crippen LogP contribution < -0.4 is 0 Å². The fourth-order valence-electron chi connectivity index (χ4n) is 4.07. The fraction of sp³-hybridized carbons (Fsp3) is 0.407. The maximum absolute atomic E-state index is 13.1. The number of nitrogens with zero attached hydrogens (tertiary/aromatic N) is 2. The summed E-state index contributed by atoms with van der Waals surface area (Å²) >= 11 is 0. The Balaban J connectivity index is 2.05. The molecule has 1 saturated heterocycles. The molecule has 0 bridgehead atoms. The Bertz CT molecular complexity index is 1130. The minimum Gasteiger partial charge on any atom is -0.507 e. The Morgan fingerprint density at radius 1 is 1.09 bits per heavy atom. The van der Waals surface area contributed by atoms with E-state index < -0.39 is 22.7 Å². The molecule has 1 heterocycles. The van der Waals surface area contributed by atoms with Crippen molar-refractivity contribution in [3.63, 3.8) is 0 Å². The molecule has 1 N–H and O–H groups in total. The molecule has 0 aromatic heterocycles. The van der Waals surface area contributed by atoms with E-state index in [1.54, 1.807) is 0 Å². The minimum atomic E-state index is -0.782. The molecule has 0 aliphatic carbocycles. The third kappa shape index (κ3) is 5.77. The van der Waals surface area contributed by atoms with Crippen LogP contribution in [0.4, 0.5) is 5.69 Å². The molecule has 2 aromatic rings. The van der Waals surface area contributed by atoms with Crippen molar-refractivity contribution in [2.24, 2.45) is 0 Å². The summed E-state index contributed by atoms with van der Waals surface area (Å²) in [6.45, 7) is 10.8. The van der Waals surface area contributed by atoms with E-state index in [2.05, 4.69) is 20.8 Å². The smallest absolute Gasteiger partial charge is 0.295 e. The van der Waals surface area contributed by atoms with Crippen molar-refractivity contribution in [3.05, 3.63) is 80.9 Å². The normalized spacial score (nSPS) is 17.9. The number of hydrogen-bond acceptors (Lipinski definition) is 6. The van der Waals surface area contributed by atoms with Gasteiger partial charge in [0.2, 0.25) is 0 Å². The number of nitro benzene ring substituents is 1. The first-order valence-electron chi connectivity index (χ1n) is 11.7. The van der Waals surface area contributed by atoms with E-state index in [1.807, 2.05) is 38.1 Å². The van der Waals surface area contributed by atoms with Gasteiger partial charge in [-0.2, -0.15) is 0 Å². The Hall–Kier alpha value is -3.52. The highest BCUT2D eigenvalue weighted by atomic mass is 16.6. The molecule has 0 spiro atoms. The highest BCUT2D eigenvalue weighted by Crippen LogP contribution is 2.40. The quantitative estimate of drug-likeness (QED) is 0.140. The van der Waals surface area contributed by atoms with E-state index in [0.717, 1.165) is 5.56 Å². The number of ether oxygens (including phenoxy) is 1. The lowest BCUT2D eigenvalue weighted by molar-refractivity contribution is -0.384. The lowest BCUT2D eigenvalue weighted by atomic mass is 9.85. The fourth-order valence-corrected chi connectivity index (χ4v) is 4.07. The van der Waals surface area contributed by atoms with Crippen LogP contribution in [0.25, 0.3) is 5.76 Å². The largest absolute Gasteiger partial charge is 0.507 e. The third-order valence-electron chi connectivity index (χ3n) is 5.98. The predicted octanol–water partition coefficient (Wildman–Crippen LogP) is 5.13. The Kier molecular flexibility index (Phi) is 7.75. The average Bonchev–Trinajstić information content (AvgIpc) is 3.05. The van der Waals surface area contributed by atoms with Crippen molar-refractivity contribution in [1.29, 1.82) is 0 Å². The molecule has 1 aliphatic rings. The molecule has 1 fully saturated rings. The van der Waals surface area contributed by atoms with E-state index in [0.29, 0.717) is 18.6 Å². The van der Waals surface area contributed by atoms with Crippen LogP contribution in [0.5, 0.6) is 0 Å². The lowest BCUT2D eigenvalue weighted by Crippen LogP contribution is -2.31. The predicted molar refractivity (Wildman–Crippen MR) is 133 cm³/mol. The first kappa shape index (κ1) is 26.1. The number of likely N-dealkylation sites (tertiary alicyclic amines) is 1. The number of rotatable bonds is 8. The van der Waals surface area contributed by atoms with Crippen molar-refractivity contribution >= 4 is 23.1 Å². The zero-order valence-electron chi connectivity index (χ0n) is 20.8. The highest BCUT2D eigenvalue weighted by Gasteiger charge is 2.45. The van der Waals surface area contributed by atoms with Gasteiger partial charge in [0.1, 0.15) is 5.76 Å². The van der Waals surface area contributed by atoms with Crippen molar-refractivity contribution < 1.29 is 24.4 Å². The Morgan fingerprint density at radius 3 is 2.20 bits per heavy atom. The second-order valence-electron chi connectivity index (χ2n) is 9.94. The molecule has 8 heteroatoms. The van der Waals surface area contributed by atoms with Gasteiger partial charge in [-0.1, -0.05) is 45.0 Å². The second kappa shape index (κ2) is 10.4. The van der Waals surface area contributed by atoms with Crippen LogP contribution in [0.3, 0.4) is 0 Å². The molecular weight excluding hydrogens is 448 g/mol. The van der Waals surface area contributed by atoms with Crippen LogP contribution in [0, 0.1) is 10.1 Å². The first-order chi connectivity index (χ1) is 16.4. The molecule has 1 atom stereocenters. The summed E-state index contributed by atoms with van der Waals surface area (Å²) in [5.41, 5.74) is 1.78. The molecule has 35 heavy (non-hydrogen) atoms. The van der Waals surface area contributed by atoms with Crippen molar-refractivity contribution in [3.8, 4) is 0 Å².